The molecular formula is C56H35NOS. The maximum atomic E-state index is 6.97. The molecule has 0 aliphatic rings. The molecule has 0 atom stereocenters. The highest BCUT2D eigenvalue weighted by atomic mass is 32.1. The van der Waals surface area contributed by atoms with Crippen LogP contribution in [0.1, 0.15) is 0 Å². The third-order valence-electron chi connectivity index (χ3n) is 11.9. The zero-order chi connectivity index (χ0) is 38.9. The number of hydrogen-bond acceptors (Lipinski definition) is 3. The Kier molecular flexibility index (Phi) is 7.75. The summed E-state index contributed by atoms with van der Waals surface area (Å²) >= 11 is 1.85. The van der Waals surface area contributed by atoms with Crippen molar-refractivity contribution >= 4 is 92.1 Å². The molecule has 0 fully saturated rings. The van der Waals surface area contributed by atoms with Crippen molar-refractivity contribution in [2.24, 2.45) is 0 Å². The first kappa shape index (κ1) is 33.7. The summed E-state index contributed by atoms with van der Waals surface area (Å²) in [6.07, 6.45) is 0. The van der Waals surface area contributed by atoms with Gasteiger partial charge < -0.3 is 9.32 Å². The fraction of sp³-hybridized carbons (Fsp3) is 0. The van der Waals surface area contributed by atoms with E-state index in [-0.39, 0.29) is 0 Å². The van der Waals surface area contributed by atoms with Gasteiger partial charge in [-0.15, -0.1) is 11.3 Å². The van der Waals surface area contributed by atoms with E-state index in [2.05, 4.69) is 217 Å². The van der Waals surface area contributed by atoms with Crippen LogP contribution >= 0.6 is 11.3 Å². The molecular weight excluding hydrogens is 735 g/mol. The van der Waals surface area contributed by atoms with Gasteiger partial charge in [0, 0.05) is 42.5 Å². The number of anilines is 3. The maximum Gasteiger partial charge on any atom is 0.145 e. The van der Waals surface area contributed by atoms with Gasteiger partial charge in [0.25, 0.3) is 0 Å². The lowest BCUT2D eigenvalue weighted by Crippen LogP contribution is -2.10. The highest BCUT2D eigenvalue weighted by Crippen LogP contribution is 2.49. The molecule has 0 spiro atoms. The number of hydrogen-bond donors (Lipinski definition) is 0. The Morgan fingerprint density at radius 2 is 0.932 bits per heavy atom. The summed E-state index contributed by atoms with van der Waals surface area (Å²) in [7, 11) is 0. The lowest BCUT2D eigenvalue weighted by molar-refractivity contribution is 0.670. The molecule has 0 bridgehead atoms. The van der Waals surface area contributed by atoms with Crippen molar-refractivity contribution in [2.75, 3.05) is 4.90 Å². The summed E-state index contributed by atoms with van der Waals surface area (Å²) in [6, 6.07) is 76.9. The maximum absolute atomic E-state index is 6.97. The van der Waals surface area contributed by atoms with Gasteiger partial charge in [0.15, 0.2) is 0 Å². The fourth-order valence-electron chi connectivity index (χ4n) is 9.06. The molecule has 59 heavy (non-hydrogen) atoms. The van der Waals surface area contributed by atoms with Crippen molar-refractivity contribution in [3.63, 3.8) is 0 Å². The molecule has 0 amide bonds. The number of benzene rings is 10. The summed E-state index contributed by atoms with van der Waals surface area (Å²) in [6.45, 7) is 0. The molecule has 2 heterocycles. The topological polar surface area (TPSA) is 16.4 Å². The van der Waals surface area contributed by atoms with E-state index < -0.39 is 0 Å². The van der Waals surface area contributed by atoms with Crippen molar-refractivity contribution in [1.82, 2.24) is 0 Å². The first-order chi connectivity index (χ1) is 29.2. The molecule has 0 radical (unpaired) electrons. The van der Waals surface area contributed by atoms with Gasteiger partial charge in [-0.1, -0.05) is 152 Å². The average Bonchev–Trinajstić information content (AvgIpc) is 3.89. The second kappa shape index (κ2) is 13.6. The van der Waals surface area contributed by atoms with Crippen LogP contribution in [0.3, 0.4) is 0 Å². The highest BCUT2D eigenvalue weighted by molar-refractivity contribution is 7.25. The second-order valence-corrected chi connectivity index (χ2v) is 16.3. The minimum Gasteiger partial charge on any atom is -0.455 e. The van der Waals surface area contributed by atoms with Crippen molar-refractivity contribution in [3.8, 4) is 33.4 Å². The molecule has 3 heteroatoms. The SMILES string of the molecule is c1ccc(-c2ccc(-c3ccc(N(c4ccc5sc6ccccc6c5c4)c4ccc(-c5cc6ccccc6c6ccccc56)c5oc6ccccc6c45)cc3)cc2)cc1. The monoisotopic (exact) mass is 769 g/mol. The van der Waals surface area contributed by atoms with Crippen LogP contribution in [0.15, 0.2) is 217 Å². The second-order valence-electron chi connectivity index (χ2n) is 15.2. The molecule has 0 N–H and O–H groups in total. The van der Waals surface area contributed by atoms with Crippen molar-refractivity contribution in [3.05, 3.63) is 212 Å². The van der Waals surface area contributed by atoms with E-state index in [0.29, 0.717) is 0 Å². The third kappa shape index (κ3) is 5.55. The van der Waals surface area contributed by atoms with E-state index in [0.717, 1.165) is 50.1 Å². The van der Waals surface area contributed by atoms with Gasteiger partial charge in [0.2, 0.25) is 0 Å². The van der Waals surface area contributed by atoms with E-state index in [4.69, 9.17) is 4.42 Å². The number of thiophene rings is 1. The van der Waals surface area contributed by atoms with Crippen LogP contribution in [-0.4, -0.2) is 0 Å². The Morgan fingerprint density at radius 1 is 0.356 bits per heavy atom. The van der Waals surface area contributed by atoms with E-state index in [1.807, 2.05) is 11.3 Å². The first-order valence-electron chi connectivity index (χ1n) is 20.1. The van der Waals surface area contributed by atoms with E-state index in [1.165, 1.54) is 64.0 Å². The third-order valence-corrected chi connectivity index (χ3v) is 13.0. The van der Waals surface area contributed by atoms with Gasteiger partial charge in [-0.05, 0) is 110 Å². The van der Waals surface area contributed by atoms with Crippen LogP contribution in [0.4, 0.5) is 17.1 Å². The zero-order valence-corrected chi connectivity index (χ0v) is 32.8. The van der Waals surface area contributed by atoms with Crippen LogP contribution in [0.2, 0.25) is 0 Å². The molecule has 0 aliphatic carbocycles. The van der Waals surface area contributed by atoms with Gasteiger partial charge in [0.05, 0.1) is 11.1 Å². The smallest absolute Gasteiger partial charge is 0.145 e. The van der Waals surface area contributed by atoms with E-state index in [1.54, 1.807) is 0 Å². The number of nitrogens with zero attached hydrogens (tertiary/aromatic N) is 1. The predicted octanol–water partition coefficient (Wildman–Crippen LogP) is 16.7. The van der Waals surface area contributed by atoms with Crippen LogP contribution in [0.5, 0.6) is 0 Å². The van der Waals surface area contributed by atoms with Crippen LogP contribution in [-0.2, 0) is 0 Å². The van der Waals surface area contributed by atoms with E-state index in [9.17, 15) is 0 Å². The molecule has 0 aliphatic heterocycles. The van der Waals surface area contributed by atoms with Gasteiger partial charge in [0.1, 0.15) is 11.2 Å². The fourth-order valence-corrected chi connectivity index (χ4v) is 10.1. The van der Waals surface area contributed by atoms with Gasteiger partial charge in [-0.2, -0.15) is 0 Å². The number of furan rings is 1. The predicted molar refractivity (Wildman–Crippen MR) is 253 cm³/mol. The van der Waals surface area contributed by atoms with Crippen molar-refractivity contribution in [1.29, 1.82) is 0 Å². The van der Waals surface area contributed by atoms with Crippen molar-refractivity contribution in [2.45, 2.75) is 0 Å². The number of rotatable bonds is 6. The minimum atomic E-state index is 0.870. The van der Waals surface area contributed by atoms with E-state index >= 15 is 0 Å². The first-order valence-corrected chi connectivity index (χ1v) is 20.9. The highest BCUT2D eigenvalue weighted by Gasteiger charge is 2.24. The molecule has 0 unspecified atom stereocenters. The Labute approximate surface area is 345 Å². The summed E-state index contributed by atoms with van der Waals surface area (Å²) in [4.78, 5) is 2.42. The average molecular weight is 770 g/mol. The molecule has 12 rings (SSSR count). The zero-order valence-electron chi connectivity index (χ0n) is 32.0. The van der Waals surface area contributed by atoms with Crippen LogP contribution in [0.25, 0.3) is 97.0 Å². The summed E-state index contributed by atoms with van der Waals surface area (Å²) in [5.41, 5.74) is 12.0. The molecule has 276 valence electrons. The van der Waals surface area contributed by atoms with Crippen molar-refractivity contribution < 1.29 is 4.42 Å². The largest absolute Gasteiger partial charge is 0.455 e. The number of fused-ring (bicyclic) bond motifs is 9. The molecule has 12 aromatic rings. The molecule has 0 saturated carbocycles. The molecule has 0 saturated heterocycles. The molecule has 2 aromatic heterocycles. The normalized spacial score (nSPS) is 11.7. The Hall–Kier alpha value is -7.46. The lowest BCUT2D eigenvalue weighted by Gasteiger charge is -2.27. The minimum absolute atomic E-state index is 0.870. The van der Waals surface area contributed by atoms with Crippen LogP contribution < -0.4 is 4.90 Å². The summed E-state index contributed by atoms with van der Waals surface area (Å²) in [5.74, 6) is 0. The summed E-state index contributed by atoms with van der Waals surface area (Å²) < 4.78 is 9.55. The van der Waals surface area contributed by atoms with Crippen LogP contribution in [0, 0.1) is 0 Å². The Morgan fingerprint density at radius 3 is 1.71 bits per heavy atom. The quantitative estimate of drug-likeness (QED) is 0.157. The standard InChI is InChI=1S/C56H35NOS/c1-2-12-36(13-3-1)37-22-24-38(25-23-37)39-26-28-41(29-27-39)57(42-30-33-54-50(35-42)46-18-9-11-21-53(46)59-54)51-32-31-47(56-55(51)48-19-8-10-20-52(48)58-56)49-34-40-14-4-5-15-43(40)44-16-6-7-17-45(44)49/h1-35H. The Balaban J connectivity index is 1.07. The number of para-hydroxylation sites is 1. The summed E-state index contributed by atoms with van der Waals surface area (Å²) in [5, 5.41) is 9.63. The lowest BCUT2D eigenvalue weighted by atomic mass is 9.92. The van der Waals surface area contributed by atoms with Gasteiger partial charge >= 0.3 is 0 Å². The van der Waals surface area contributed by atoms with Gasteiger partial charge in [-0.25, -0.2) is 0 Å². The molecule has 10 aromatic carbocycles. The Bertz CT molecular complexity index is 3540. The molecule has 2 nitrogen and oxygen atoms in total. The van der Waals surface area contributed by atoms with Gasteiger partial charge in [-0.3, -0.25) is 0 Å².